The molecule has 0 amide bonds. The molecule has 0 aromatic carbocycles. The third-order valence-corrected chi connectivity index (χ3v) is 3.53. The van der Waals surface area contributed by atoms with Crippen LogP contribution >= 0.6 is 0 Å². The van der Waals surface area contributed by atoms with Crippen molar-refractivity contribution in [1.29, 1.82) is 0 Å². The number of hydrogen-bond acceptors (Lipinski definition) is 3. The molecule has 3 nitrogen and oxygen atoms in total. The standard InChI is InChI=1S/C12H21NO2/c14-12(6-11-7-13-8-11)15-9-10-4-2-1-3-5-10/h10-11,13H,1-9H2. The second kappa shape index (κ2) is 5.50. The first-order chi connectivity index (χ1) is 7.34. The Morgan fingerprint density at radius 3 is 2.47 bits per heavy atom. The Hall–Kier alpha value is -0.570. The van der Waals surface area contributed by atoms with Gasteiger partial charge in [0.25, 0.3) is 0 Å². The molecule has 0 atom stereocenters. The second-order valence-electron chi connectivity index (χ2n) is 4.92. The van der Waals surface area contributed by atoms with Gasteiger partial charge in [0, 0.05) is 0 Å². The summed E-state index contributed by atoms with van der Waals surface area (Å²) in [6.07, 6.45) is 7.10. The van der Waals surface area contributed by atoms with Crippen LogP contribution < -0.4 is 5.32 Å². The minimum atomic E-state index is 0.00655. The van der Waals surface area contributed by atoms with Crippen molar-refractivity contribution in [3.63, 3.8) is 0 Å². The number of hydrogen-bond donors (Lipinski definition) is 1. The summed E-state index contributed by atoms with van der Waals surface area (Å²) in [6.45, 7) is 2.63. The lowest BCUT2D eigenvalue weighted by molar-refractivity contribution is -0.146. The van der Waals surface area contributed by atoms with Crippen molar-refractivity contribution in [2.45, 2.75) is 38.5 Å². The maximum absolute atomic E-state index is 11.4. The molecule has 0 spiro atoms. The first-order valence-electron chi connectivity index (χ1n) is 6.21. The van der Waals surface area contributed by atoms with Crippen LogP contribution in [0.3, 0.4) is 0 Å². The van der Waals surface area contributed by atoms with Gasteiger partial charge in [-0.1, -0.05) is 19.3 Å². The van der Waals surface area contributed by atoms with Gasteiger partial charge in [0.15, 0.2) is 0 Å². The number of rotatable bonds is 4. The molecular weight excluding hydrogens is 190 g/mol. The smallest absolute Gasteiger partial charge is 0.306 e. The highest BCUT2D eigenvalue weighted by atomic mass is 16.5. The number of ether oxygens (including phenoxy) is 1. The van der Waals surface area contributed by atoms with E-state index in [2.05, 4.69) is 5.32 Å². The Morgan fingerprint density at radius 1 is 1.13 bits per heavy atom. The van der Waals surface area contributed by atoms with E-state index in [1.165, 1.54) is 32.1 Å². The molecule has 1 N–H and O–H groups in total. The molecule has 0 unspecified atom stereocenters. The second-order valence-corrected chi connectivity index (χ2v) is 4.92. The Kier molecular flexibility index (Phi) is 4.01. The van der Waals surface area contributed by atoms with E-state index in [1.807, 2.05) is 0 Å². The van der Waals surface area contributed by atoms with Gasteiger partial charge in [-0.15, -0.1) is 0 Å². The molecule has 2 rings (SSSR count). The molecule has 86 valence electrons. The van der Waals surface area contributed by atoms with E-state index >= 15 is 0 Å². The molecule has 2 fully saturated rings. The van der Waals surface area contributed by atoms with E-state index in [0.29, 0.717) is 24.9 Å². The highest BCUT2D eigenvalue weighted by Crippen LogP contribution is 2.24. The van der Waals surface area contributed by atoms with Crippen molar-refractivity contribution < 1.29 is 9.53 Å². The van der Waals surface area contributed by atoms with Crippen molar-refractivity contribution in [2.24, 2.45) is 11.8 Å². The monoisotopic (exact) mass is 211 g/mol. The summed E-state index contributed by atoms with van der Waals surface area (Å²) in [7, 11) is 0. The maximum atomic E-state index is 11.4. The molecule has 15 heavy (non-hydrogen) atoms. The van der Waals surface area contributed by atoms with Crippen LogP contribution in [0.15, 0.2) is 0 Å². The zero-order chi connectivity index (χ0) is 10.5. The fourth-order valence-electron chi connectivity index (χ4n) is 2.35. The first kappa shape index (κ1) is 10.9. The van der Waals surface area contributed by atoms with E-state index in [0.717, 1.165) is 13.1 Å². The van der Waals surface area contributed by atoms with Gasteiger partial charge in [0.05, 0.1) is 13.0 Å². The topological polar surface area (TPSA) is 38.3 Å². The molecule has 0 bridgehead atoms. The third kappa shape index (κ3) is 3.49. The lowest BCUT2D eigenvalue weighted by Crippen LogP contribution is -2.43. The molecule has 2 aliphatic rings. The molecule has 1 saturated carbocycles. The van der Waals surface area contributed by atoms with Gasteiger partial charge in [-0.25, -0.2) is 0 Å². The fourth-order valence-corrected chi connectivity index (χ4v) is 2.35. The number of carbonyl (C=O) groups is 1. The van der Waals surface area contributed by atoms with Crippen LogP contribution in [0.5, 0.6) is 0 Å². The highest BCUT2D eigenvalue weighted by Gasteiger charge is 2.22. The first-order valence-corrected chi connectivity index (χ1v) is 6.21. The SMILES string of the molecule is O=C(CC1CNC1)OCC1CCCCC1. The average Bonchev–Trinajstić information content (AvgIpc) is 2.22. The number of nitrogens with one attached hydrogen (secondary N) is 1. The Balaban J connectivity index is 1.57. The Labute approximate surface area is 91.6 Å². The number of esters is 1. The minimum absolute atomic E-state index is 0.00655. The predicted molar refractivity (Wildman–Crippen MR) is 58.5 cm³/mol. The molecule has 0 radical (unpaired) electrons. The van der Waals surface area contributed by atoms with Crippen molar-refractivity contribution in [1.82, 2.24) is 5.32 Å². The highest BCUT2D eigenvalue weighted by molar-refractivity contribution is 5.69. The molecule has 1 aliphatic heterocycles. The molecule has 1 aliphatic carbocycles. The van der Waals surface area contributed by atoms with E-state index < -0.39 is 0 Å². The summed E-state index contributed by atoms with van der Waals surface area (Å²) in [6, 6.07) is 0. The largest absolute Gasteiger partial charge is 0.465 e. The van der Waals surface area contributed by atoms with E-state index in [4.69, 9.17) is 4.74 Å². The Bertz CT molecular complexity index is 208. The van der Waals surface area contributed by atoms with Crippen LogP contribution in [0.1, 0.15) is 38.5 Å². The molecule has 1 heterocycles. The van der Waals surface area contributed by atoms with Crippen LogP contribution in [-0.4, -0.2) is 25.7 Å². The summed E-state index contributed by atoms with van der Waals surface area (Å²) in [5, 5.41) is 3.16. The molecule has 3 heteroatoms. The summed E-state index contributed by atoms with van der Waals surface area (Å²) in [4.78, 5) is 11.4. The van der Waals surface area contributed by atoms with Gasteiger partial charge < -0.3 is 10.1 Å². The number of carbonyl (C=O) groups excluding carboxylic acids is 1. The lowest BCUT2D eigenvalue weighted by atomic mass is 9.90. The lowest BCUT2D eigenvalue weighted by Gasteiger charge is -2.26. The van der Waals surface area contributed by atoms with E-state index in [9.17, 15) is 4.79 Å². The average molecular weight is 211 g/mol. The van der Waals surface area contributed by atoms with Crippen LogP contribution in [0.2, 0.25) is 0 Å². The zero-order valence-electron chi connectivity index (χ0n) is 9.34. The van der Waals surface area contributed by atoms with Gasteiger partial charge in [-0.2, -0.15) is 0 Å². The summed E-state index contributed by atoms with van der Waals surface area (Å²) in [5.74, 6) is 1.18. The molecule has 0 aromatic heterocycles. The van der Waals surface area contributed by atoms with Crippen LogP contribution in [0, 0.1) is 11.8 Å². The normalized spacial score (nSPS) is 23.5. The molecule has 0 aromatic rings. The fraction of sp³-hybridized carbons (Fsp3) is 0.917. The van der Waals surface area contributed by atoms with Crippen molar-refractivity contribution in [3.05, 3.63) is 0 Å². The van der Waals surface area contributed by atoms with Crippen LogP contribution in [0.25, 0.3) is 0 Å². The summed E-state index contributed by atoms with van der Waals surface area (Å²) < 4.78 is 5.32. The van der Waals surface area contributed by atoms with Gasteiger partial charge >= 0.3 is 5.97 Å². The van der Waals surface area contributed by atoms with Crippen molar-refractivity contribution >= 4 is 5.97 Å². The zero-order valence-corrected chi connectivity index (χ0v) is 9.34. The van der Waals surface area contributed by atoms with Gasteiger partial charge in [0.1, 0.15) is 0 Å². The summed E-state index contributed by atoms with van der Waals surface area (Å²) >= 11 is 0. The molecule has 1 saturated heterocycles. The van der Waals surface area contributed by atoms with Gasteiger partial charge in [-0.3, -0.25) is 4.79 Å². The predicted octanol–water partition coefficient (Wildman–Crippen LogP) is 1.72. The van der Waals surface area contributed by atoms with Crippen LogP contribution in [0.4, 0.5) is 0 Å². The summed E-state index contributed by atoms with van der Waals surface area (Å²) in [5.41, 5.74) is 0. The van der Waals surface area contributed by atoms with Crippen LogP contribution in [-0.2, 0) is 9.53 Å². The third-order valence-electron chi connectivity index (χ3n) is 3.53. The van der Waals surface area contributed by atoms with Gasteiger partial charge in [-0.05, 0) is 37.8 Å². The van der Waals surface area contributed by atoms with Gasteiger partial charge in [0.2, 0.25) is 0 Å². The van der Waals surface area contributed by atoms with Crippen molar-refractivity contribution in [2.75, 3.05) is 19.7 Å². The molecular formula is C12H21NO2. The maximum Gasteiger partial charge on any atom is 0.306 e. The van der Waals surface area contributed by atoms with Crippen molar-refractivity contribution in [3.8, 4) is 0 Å². The minimum Gasteiger partial charge on any atom is -0.465 e. The quantitative estimate of drug-likeness (QED) is 0.720. The van der Waals surface area contributed by atoms with E-state index in [1.54, 1.807) is 0 Å². The Morgan fingerprint density at radius 2 is 1.87 bits per heavy atom. The van der Waals surface area contributed by atoms with E-state index in [-0.39, 0.29) is 5.97 Å².